The zero-order valence-electron chi connectivity index (χ0n) is 19.5. The predicted octanol–water partition coefficient (Wildman–Crippen LogP) is 0.897. The molecule has 2 aliphatic heterocycles. The van der Waals surface area contributed by atoms with Crippen molar-refractivity contribution in [2.24, 2.45) is 0 Å². The fraction of sp³-hybridized carbons (Fsp3) is 0.417. The van der Waals surface area contributed by atoms with Crippen LogP contribution >= 0.6 is 0 Å². The van der Waals surface area contributed by atoms with Crippen LogP contribution in [0.3, 0.4) is 0 Å². The Kier molecular flexibility index (Phi) is 6.86. The van der Waals surface area contributed by atoms with Crippen molar-refractivity contribution >= 4 is 11.9 Å². The predicted molar refractivity (Wildman–Crippen MR) is 118 cm³/mol. The number of methoxy groups -OCH3 is 2. The average Bonchev–Trinajstić information content (AvgIpc) is 2.96. The summed E-state index contributed by atoms with van der Waals surface area (Å²) < 4.78 is 32.8. The SMILES string of the molecule is COc1cc(C)c(C(=O)Oc2cc(C)c3c(c2)O[C@@H]2O[C@H](CO)[C@@H](O)[C@H](O)[C@H]2OC3=O)c(OC)c1. The second kappa shape index (κ2) is 9.70. The standard InChI is InChI=1S/C24H26O11/c1-10-5-12(30-3)7-14(31-4)17(10)22(28)32-13-6-11(2)18-15(8-13)33-24-21(35-23(18)29)20(27)19(26)16(9-25)34-24/h5-8,16,19-21,24-27H,9H2,1-4H3/t16-,19-,20+,21-,24-/m1/s1. The summed E-state index contributed by atoms with van der Waals surface area (Å²) in [4.78, 5) is 25.8. The molecule has 2 aromatic carbocycles. The largest absolute Gasteiger partial charge is 0.497 e. The van der Waals surface area contributed by atoms with E-state index < -0.39 is 49.3 Å². The van der Waals surface area contributed by atoms with Gasteiger partial charge in [0.1, 0.15) is 52.4 Å². The lowest BCUT2D eigenvalue weighted by atomic mass is 9.99. The number of fused-ring (bicyclic) bond motifs is 2. The first kappa shape index (κ1) is 24.7. The van der Waals surface area contributed by atoms with E-state index in [1.807, 2.05) is 0 Å². The molecule has 11 heteroatoms. The van der Waals surface area contributed by atoms with Gasteiger partial charge in [0, 0.05) is 12.1 Å². The number of esters is 2. The molecule has 2 aromatic rings. The Balaban J connectivity index is 1.66. The molecule has 188 valence electrons. The van der Waals surface area contributed by atoms with E-state index in [9.17, 15) is 24.9 Å². The van der Waals surface area contributed by atoms with E-state index in [4.69, 9.17) is 28.4 Å². The van der Waals surface area contributed by atoms with Crippen LogP contribution in [0.15, 0.2) is 24.3 Å². The molecule has 0 amide bonds. The molecule has 11 nitrogen and oxygen atoms in total. The normalized spacial score (nSPS) is 25.3. The number of aliphatic hydroxyl groups is 3. The van der Waals surface area contributed by atoms with Crippen molar-refractivity contribution in [3.8, 4) is 23.0 Å². The van der Waals surface area contributed by atoms with Gasteiger partial charge in [-0.05, 0) is 37.1 Å². The van der Waals surface area contributed by atoms with E-state index in [0.29, 0.717) is 16.9 Å². The van der Waals surface area contributed by atoms with E-state index in [1.54, 1.807) is 26.0 Å². The molecule has 4 rings (SSSR count). The lowest BCUT2D eigenvalue weighted by molar-refractivity contribution is -0.274. The Morgan fingerprint density at radius 1 is 0.971 bits per heavy atom. The van der Waals surface area contributed by atoms with Crippen LogP contribution in [-0.2, 0) is 9.47 Å². The summed E-state index contributed by atoms with van der Waals surface area (Å²) in [7, 11) is 2.92. The van der Waals surface area contributed by atoms with Crippen LogP contribution in [0.2, 0.25) is 0 Å². The number of hydrogen-bond acceptors (Lipinski definition) is 11. The molecule has 0 saturated carbocycles. The Morgan fingerprint density at radius 3 is 2.34 bits per heavy atom. The summed E-state index contributed by atoms with van der Waals surface area (Å²) in [5.41, 5.74) is 1.18. The van der Waals surface area contributed by atoms with Crippen molar-refractivity contribution in [1.29, 1.82) is 0 Å². The van der Waals surface area contributed by atoms with Gasteiger partial charge in [-0.25, -0.2) is 9.59 Å². The first-order valence-electron chi connectivity index (χ1n) is 10.8. The zero-order chi connectivity index (χ0) is 25.4. The van der Waals surface area contributed by atoms with E-state index in [0.717, 1.165) is 0 Å². The summed E-state index contributed by atoms with van der Waals surface area (Å²) in [6.45, 7) is 2.71. The highest BCUT2D eigenvalue weighted by Gasteiger charge is 2.50. The molecule has 5 atom stereocenters. The molecule has 35 heavy (non-hydrogen) atoms. The molecule has 0 radical (unpaired) electrons. The van der Waals surface area contributed by atoms with Crippen molar-refractivity contribution in [3.05, 3.63) is 46.5 Å². The van der Waals surface area contributed by atoms with Crippen LogP contribution in [0.5, 0.6) is 23.0 Å². The highest BCUT2D eigenvalue weighted by molar-refractivity contribution is 5.97. The topological polar surface area (TPSA) is 150 Å². The van der Waals surface area contributed by atoms with Crippen molar-refractivity contribution < 1.29 is 53.3 Å². The molecular weight excluding hydrogens is 464 g/mol. The minimum Gasteiger partial charge on any atom is -0.497 e. The van der Waals surface area contributed by atoms with Gasteiger partial charge < -0.3 is 43.7 Å². The molecule has 3 N–H and O–H groups in total. The number of aliphatic hydroxyl groups excluding tert-OH is 3. The van der Waals surface area contributed by atoms with Gasteiger partial charge >= 0.3 is 11.9 Å². The number of rotatable bonds is 5. The molecular formula is C24H26O11. The van der Waals surface area contributed by atoms with Gasteiger partial charge in [0.25, 0.3) is 0 Å². The van der Waals surface area contributed by atoms with Crippen LogP contribution in [0, 0.1) is 13.8 Å². The van der Waals surface area contributed by atoms with Crippen molar-refractivity contribution in [1.82, 2.24) is 0 Å². The minimum atomic E-state index is -1.55. The fourth-order valence-electron chi connectivity index (χ4n) is 4.14. The quantitative estimate of drug-likeness (QED) is 0.405. The summed E-state index contributed by atoms with van der Waals surface area (Å²) >= 11 is 0. The van der Waals surface area contributed by atoms with Crippen LogP contribution in [0.25, 0.3) is 0 Å². The second-order valence-corrected chi connectivity index (χ2v) is 8.22. The summed E-state index contributed by atoms with van der Waals surface area (Å²) in [6, 6.07) is 6.01. The highest BCUT2D eigenvalue weighted by Crippen LogP contribution is 2.37. The van der Waals surface area contributed by atoms with Crippen LogP contribution < -0.4 is 18.9 Å². The third kappa shape index (κ3) is 4.50. The van der Waals surface area contributed by atoms with Crippen LogP contribution in [-0.4, -0.2) is 78.8 Å². The third-order valence-corrected chi connectivity index (χ3v) is 5.93. The lowest BCUT2D eigenvalue weighted by Gasteiger charge is -2.39. The van der Waals surface area contributed by atoms with Gasteiger partial charge in [-0.1, -0.05) is 0 Å². The highest BCUT2D eigenvalue weighted by atomic mass is 16.7. The number of benzene rings is 2. The average molecular weight is 490 g/mol. The number of carbonyl (C=O) groups excluding carboxylic acids is 2. The Labute approximate surface area is 200 Å². The molecule has 0 unspecified atom stereocenters. The molecule has 0 aromatic heterocycles. The summed E-state index contributed by atoms with van der Waals surface area (Å²) in [5.74, 6) is -0.677. The molecule has 1 fully saturated rings. The van der Waals surface area contributed by atoms with Crippen molar-refractivity contribution in [3.63, 3.8) is 0 Å². The zero-order valence-corrected chi connectivity index (χ0v) is 19.5. The number of aryl methyl sites for hydroxylation is 2. The van der Waals surface area contributed by atoms with Gasteiger partial charge in [-0.15, -0.1) is 0 Å². The van der Waals surface area contributed by atoms with E-state index >= 15 is 0 Å². The number of carbonyl (C=O) groups is 2. The lowest BCUT2D eigenvalue weighted by Crippen LogP contribution is -2.60. The summed E-state index contributed by atoms with van der Waals surface area (Å²) in [5, 5.41) is 30.0. The molecule has 2 aliphatic rings. The maximum absolute atomic E-state index is 13.0. The van der Waals surface area contributed by atoms with E-state index in [2.05, 4.69) is 0 Å². The Morgan fingerprint density at radius 2 is 1.69 bits per heavy atom. The first-order valence-corrected chi connectivity index (χ1v) is 10.8. The van der Waals surface area contributed by atoms with Gasteiger partial charge in [-0.2, -0.15) is 0 Å². The van der Waals surface area contributed by atoms with Crippen LogP contribution in [0.1, 0.15) is 31.8 Å². The van der Waals surface area contributed by atoms with E-state index in [1.165, 1.54) is 26.4 Å². The van der Waals surface area contributed by atoms with Gasteiger partial charge in [-0.3, -0.25) is 0 Å². The van der Waals surface area contributed by atoms with Crippen molar-refractivity contribution in [2.45, 2.75) is 44.6 Å². The monoisotopic (exact) mass is 490 g/mol. The van der Waals surface area contributed by atoms with Gasteiger partial charge in [0.05, 0.1) is 20.8 Å². The van der Waals surface area contributed by atoms with E-state index in [-0.39, 0.29) is 28.4 Å². The summed E-state index contributed by atoms with van der Waals surface area (Å²) in [6.07, 6.45) is -6.85. The Bertz CT molecular complexity index is 1140. The van der Waals surface area contributed by atoms with Gasteiger partial charge in [0.2, 0.25) is 6.29 Å². The number of hydrogen-bond donors (Lipinski definition) is 3. The molecule has 2 heterocycles. The molecule has 0 bridgehead atoms. The fourth-order valence-corrected chi connectivity index (χ4v) is 4.14. The maximum atomic E-state index is 13.0. The minimum absolute atomic E-state index is 0.0102. The first-order chi connectivity index (χ1) is 16.7. The second-order valence-electron chi connectivity index (χ2n) is 8.22. The molecule has 0 spiro atoms. The smallest absolute Gasteiger partial charge is 0.347 e. The Hall–Kier alpha value is -3.38. The third-order valence-electron chi connectivity index (χ3n) is 5.93. The molecule has 1 saturated heterocycles. The van der Waals surface area contributed by atoms with Crippen LogP contribution in [0.4, 0.5) is 0 Å². The van der Waals surface area contributed by atoms with Gasteiger partial charge in [0.15, 0.2) is 6.10 Å². The molecule has 0 aliphatic carbocycles. The maximum Gasteiger partial charge on any atom is 0.347 e. The number of ether oxygens (including phenoxy) is 6. The van der Waals surface area contributed by atoms with Crippen molar-refractivity contribution in [2.75, 3.05) is 20.8 Å².